The molecule has 1 atom stereocenters. The van der Waals surface area contributed by atoms with Crippen LogP contribution in [0, 0.1) is 0 Å². The summed E-state index contributed by atoms with van der Waals surface area (Å²) in [7, 11) is -3.26. The van der Waals surface area contributed by atoms with Crippen molar-refractivity contribution >= 4 is 27.3 Å². The highest BCUT2D eigenvalue weighted by Crippen LogP contribution is 2.25. The first kappa shape index (κ1) is 22.0. The number of hydrogen-bond acceptors (Lipinski definition) is 4. The van der Waals surface area contributed by atoms with Crippen LogP contribution in [0.2, 0.25) is 0 Å². The summed E-state index contributed by atoms with van der Waals surface area (Å²) in [6.45, 7) is 1.89. The van der Waals surface area contributed by atoms with Crippen LogP contribution in [0.5, 0.6) is 0 Å². The minimum Gasteiger partial charge on any atom is -0.345 e. The van der Waals surface area contributed by atoms with Crippen LogP contribution in [0.25, 0.3) is 0 Å². The molecule has 1 aliphatic rings. The normalized spacial score (nSPS) is 15.5. The zero-order valence-electron chi connectivity index (χ0n) is 17.1. The number of benzene rings is 2. The second-order valence-electron chi connectivity index (χ2n) is 7.72. The van der Waals surface area contributed by atoms with Crippen LogP contribution in [0.15, 0.2) is 54.6 Å². The van der Waals surface area contributed by atoms with Gasteiger partial charge in [-0.15, -0.1) is 0 Å². The van der Waals surface area contributed by atoms with Gasteiger partial charge in [0.25, 0.3) is 5.91 Å². The van der Waals surface area contributed by atoms with Gasteiger partial charge in [0.05, 0.1) is 28.3 Å². The SMILES string of the molecule is C[C@H](NC(=O)c1ccccc1NC(=O)CCS(=O)(=O)C1CCCC1)c1ccccc1. The summed E-state index contributed by atoms with van der Waals surface area (Å²) in [4.78, 5) is 25.1. The summed E-state index contributed by atoms with van der Waals surface area (Å²) in [5.74, 6) is -0.878. The van der Waals surface area contributed by atoms with E-state index < -0.39 is 15.7 Å². The first-order valence-electron chi connectivity index (χ1n) is 10.3. The molecule has 160 valence electrons. The molecule has 0 radical (unpaired) electrons. The van der Waals surface area contributed by atoms with Crippen molar-refractivity contribution < 1.29 is 18.0 Å². The predicted octanol–water partition coefficient (Wildman–Crippen LogP) is 3.86. The monoisotopic (exact) mass is 428 g/mol. The Morgan fingerprint density at radius 3 is 2.33 bits per heavy atom. The maximum absolute atomic E-state index is 12.8. The van der Waals surface area contributed by atoms with Crippen molar-refractivity contribution in [3.8, 4) is 0 Å². The van der Waals surface area contributed by atoms with Gasteiger partial charge in [0.2, 0.25) is 5.91 Å². The van der Waals surface area contributed by atoms with E-state index in [9.17, 15) is 18.0 Å². The minimum absolute atomic E-state index is 0.116. The van der Waals surface area contributed by atoms with Gasteiger partial charge in [-0.05, 0) is 37.5 Å². The molecule has 0 saturated heterocycles. The van der Waals surface area contributed by atoms with Gasteiger partial charge in [-0.3, -0.25) is 9.59 Å². The van der Waals surface area contributed by atoms with Gasteiger partial charge >= 0.3 is 0 Å². The highest BCUT2D eigenvalue weighted by molar-refractivity contribution is 7.92. The number of para-hydroxylation sites is 1. The Hall–Kier alpha value is -2.67. The molecule has 0 bridgehead atoms. The molecule has 30 heavy (non-hydrogen) atoms. The van der Waals surface area contributed by atoms with E-state index in [1.807, 2.05) is 37.3 Å². The summed E-state index contributed by atoms with van der Waals surface area (Å²) in [5, 5.41) is 5.32. The molecule has 0 aromatic heterocycles. The Kier molecular flexibility index (Phi) is 7.26. The molecule has 2 aromatic rings. The number of hydrogen-bond donors (Lipinski definition) is 2. The first-order chi connectivity index (χ1) is 14.4. The van der Waals surface area contributed by atoms with Gasteiger partial charge in [0, 0.05) is 6.42 Å². The number of rotatable bonds is 8. The number of sulfone groups is 1. The van der Waals surface area contributed by atoms with Crippen molar-refractivity contribution in [2.75, 3.05) is 11.1 Å². The van der Waals surface area contributed by atoms with Crippen LogP contribution in [0.3, 0.4) is 0 Å². The summed E-state index contributed by atoms with van der Waals surface area (Å²) < 4.78 is 24.8. The fraction of sp³-hybridized carbons (Fsp3) is 0.391. The maximum Gasteiger partial charge on any atom is 0.253 e. The largest absolute Gasteiger partial charge is 0.345 e. The van der Waals surface area contributed by atoms with E-state index in [-0.39, 0.29) is 29.4 Å². The van der Waals surface area contributed by atoms with Gasteiger partial charge in [-0.2, -0.15) is 0 Å². The number of nitrogens with one attached hydrogen (secondary N) is 2. The molecule has 2 aromatic carbocycles. The molecular formula is C23H28N2O4S. The molecule has 0 spiro atoms. The number of carbonyl (C=O) groups excluding carboxylic acids is 2. The Morgan fingerprint density at radius 1 is 1.00 bits per heavy atom. The van der Waals surface area contributed by atoms with Crippen molar-refractivity contribution in [1.29, 1.82) is 0 Å². The summed E-state index contributed by atoms with van der Waals surface area (Å²) in [6.07, 6.45) is 3.12. The molecule has 0 aliphatic heterocycles. The van der Waals surface area contributed by atoms with Crippen molar-refractivity contribution in [2.24, 2.45) is 0 Å². The van der Waals surface area contributed by atoms with Gasteiger partial charge in [-0.25, -0.2) is 8.42 Å². The summed E-state index contributed by atoms with van der Waals surface area (Å²) in [5.41, 5.74) is 1.69. The molecule has 2 N–H and O–H groups in total. The van der Waals surface area contributed by atoms with Gasteiger partial charge in [0.1, 0.15) is 0 Å². The molecular weight excluding hydrogens is 400 g/mol. The van der Waals surface area contributed by atoms with Crippen LogP contribution in [-0.4, -0.2) is 31.2 Å². The van der Waals surface area contributed by atoms with Crippen LogP contribution >= 0.6 is 0 Å². The number of carbonyl (C=O) groups is 2. The molecule has 6 nitrogen and oxygen atoms in total. The second kappa shape index (κ2) is 9.89. The molecule has 1 aliphatic carbocycles. The Morgan fingerprint density at radius 2 is 1.63 bits per heavy atom. The first-order valence-corrected chi connectivity index (χ1v) is 12.0. The van der Waals surface area contributed by atoms with Crippen LogP contribution < -0.4 is 10.6 Å². The molecule has 1 saturated carbocycles. The molecule has 7 heteroatoms. The average molecular weight is 429 g/mol. The van der Waals surface area contributed by atoms with Crippen molar-refractivity contribution in [3.63, 3.8) is 0 Å². The van der Waals surface area contributed by atoms with Crippen molar-refractivity contribution in [1.82, 2.24) is 5.32 Å². The third-order valence-corrected chi connectivity index (χ3v) is 7.78. The summed E-state index contributed by atoms with van der Waals surface area (Å²) >= 11 is 0. The van der Waals surface area contributed by atoms with E-state index in [0.29, 0.717) is 24.1 Å². The lowest BCUT2D eigenvalue weighted by Gasteiger charge is -2.16. The zero-order chi connectivity index (χ0) is 21.6. The Bertz CT molecular complexity index is 983. The number of amides is 2. The minimum atomic E-state index is -3.26. The lowest BCUT2D eigenvalue weighted by molar-refractivity contribution is -0.115. The van der Waals surface area contributed by atoms with E-state index in [0.717, 1.165) is 18.4 Å². The zero-order valence-corrected chi connectivity index (χ0v) is 18.0. The molecule has 1 fully saturated rings. The fourth-order valence-corrected chi connectivity index (χ4v) is 5.61. The van der Waals surface area contributed by atoms with E-state index in [1.54, 1.807) is 24.3 Å². The molecule has 2 amide bonds. The smallest absolute Gasteiger partial charge is 0.253 e. The highest BCUT2D eigenvalue weighted by atomic mass is 32.2. The number of anilines is 1. The van der Waals surface area contributed by atoms with Gasteiger partial charge in [0.15, 0.2) is 9.84 Å². The Labute approximate surface area is 178 Å². The fourth-order valence-electron chi connectivity index (χ4n) is 3.75. The second-order valence-corrected chi connectivity index (χ2v) is 10.1. The third-order valence-electron chi connectivity index (χ3n) is 5.52. The van der Waals surface area contributed by atoms with E-state index in [1.165, 1.54) is 0 Å². The molecule has 0 heterocycles. The molecule has 0 unspecified atom stereocenters. The van der Waals surface area contributed by atoms with E-state index >= 15 is 0 Å². The van der Waals surface area contributed by atoms with Crippen molar-refractivity contribution in [2.45, 2.75) is 50.3 Å². The quantitative estimate of drug-likeness (QED) is 0.668. The van der Waals surface area contributed by atoms with Gasteiger partial charge in [-0.1, -0.05) is 55.3 Å². The lowest BCUT2D eigenvalue weighted by Crippen LogP contribution is -2.28. The van der Waals surface area contributed by atoms with E-state index in [2.05, 4.69) is 10.6 Å². The average Bonchev–Trinajstić information content (AvgIpc) is 3.29. The Balaban J connectivity index is 1.61. The van der Waals surface area contributed by atoms with E-state index in [4.69, 9.17) is 0 Å². The predicted molar refractivity (Wildman–Crippen MR) is 118 cm³/mol. The maximum atomic E-state index is 12.8. The lowest BCUT2D eigenvalue weighted by atomic mass is 10.1. The van der Waals surface area contributed by atoms with Crippen molar-refractivity contribution in [3.05, 3.63) is 65.7 Å². The van der Waals surface area contributed by atoms with Crippen LogP contribution in [0.1, 0.15) is 61.0 Å². The highest BCUT2D eigenvalue weighted by Gasteiger charge is 2.29. The summed E-state index contributed by atoms with van der Waals surface area (Å²) in [6, 6.07) is 16.1. The molecule has 3 rings (SSSR count). The van der Waals surface area contributed by atoms with Crippen LogP contribution in [0.4, 0.5) is 5.69 Å². The van der Waals surface area contributed by atoms with Crippen LogP contribution in [-0.2, 0) is 14.6 Å². The topological polar surface area (TPSA) is 92.3 Å². The third kappa shape index (κ3) is 5.69. The van der Waals surface area contributed by atoms with Gasteiger partial charge < -0.3 is 10.6 Å². The standard InChI is InChI=1S/C23H28N2O4S/c1-17(18-9-3-2-4-10-18)24-23(27)20-13-7-8-14-21(20)25-22(26)15-16-30(28,29)19-11-5-6-12-19/h2-4,7-10,13-14,17,19H,5-6,11-12,15-16H2,1H3,(H,24,27)(H,25,26)/t17-/m0/s1.